The SMILES string of the molecule is CCC(CC)C1=NN2C(=N)C(=Cc3ccc(OCCOc4cccc(OC)c4)cc3)C(=O)N=C2S1. The number of carbonyl (C=O) groups excluding carboxylic acids is 1. The molecule has 2 aromatic carbocycles. The first kappa shape index (κ1) is 24.5. The average molecular weight is 493 g/mol. The number of methoxy groups -OCH3 is 1. The Morgan fingerprint density at radius 1 is 1.03 bits per heavy atom. The second-order valence-electron chi connectivity index (χ2n) is 7.92. The number of ether oxygens (including phenoxy) is 3. The van der Waals surface area contributed by atoms with Gasteiger partial charge in [-0.15, -0.1) is 0 Å². The fraction of sp³-hybridized carbons (Fsp3) is 0.308. The van der Waals surface area contributed by atoms with E-state index >= 15 is 0 Å². The van der Waals surface area contributed by atoms with Crippen molar-refractivity contribution in [3.8, 4) is 17.2 Å². The molecule has 35 heavy (non-hydrogen) atoms. The zero-order valence-electron chi connectivity index (χ0n) is 20.0. The zero-order chi connectivity index (χ0) is 24.8. The molecule has 0 atom stereocenters. The van der Waals surface area contributed by atoms with E-state index in [0.717, 1.165) is 29.2 Å². The van der Waals surface area contributed by atoms with Crippen LogP contribution in [0.3, 0.4) is 0 Å². The van der Waals surface area contributed by atoms with Gasteiger partial charge in [0, 0.05) is 12.0 Å². The summed E-state index contributed by atoms with van der Waals surface area (Å²) in [5.41, 5.74) is 0.983. The maximum absolute atomic E-state index is 12.6. The highest BCUT2D eigenvalue weighted by molar-refractivity contribution is 8.27. The molecule has 0 saturated heterocycles. The predicted molar refractivity (Wildman–Crippen MR) is 140 cm³/mol. The van der Waals surface area contributed by atoms with Crippen molar-refractivity contribution in [3.63, 3.8) is 0 Å². The number of hydrogen-bond acceptors (Lipinski definition) is 7. The molecule has 4 rings (SSSR count). The number of carbonyl (C=O) groups is 1. The van der Waals surface area contributed by atoms with Crippen LogP contribution in [0.1, 0.15) is 32.3 Å². The highest BCUT2D eigenvalue weighted by atomic mass is 32.2. The number of amidine groups is 2. The number of hydrogen-bond donors (Lipinski definition) is 1. The van der Waals surface area contributed by atoms with Crippen LogP contribution in [0.5, 0.6) is 17.2 Å². The van der Waals surface area contributed by atoms with Crippen molar-refractivity contribution >= 4 is 39.8 Å². The summed E-state index contributed by atoms with van der Waals surface area (Å²) in [5, 5.41) is 15.9. The predicted octanol–water partition coefficient (Wildman–Crippen LogP) is 5.21. The molecule has 1 amide bonds. The second-order valence-corrected chi connectivity index (χ2v) is 8.90. The van der Waals surface area contributed by atoms with Gasteiger partial charge in [0.1, 0.15) is 35.5 Å². The van der Waals surface area contributed by atoms with Gasteiger partial charge in [-0.1, -0.05) is 32.0 Å². The number of thioether (sulfide) groups is 1. The summed E-state index contributed by atoms with van der Waals surface area (Å²) in [6.45, 7) is 4.98. The number of rotatable bonds is 10. The third kappa shape index (κ3) is 5.74. The second kappa shape index (κ2) is 11.2. The summed E-state index contributed by atoms with van der Waals surface area (Å²) in [7, 11) is 1.61. The minimum Gasteiger partial charge on any atom is -0.497 e. The lowest BCUT2D eigenvalue weighted by molar-refractivity contribution is -0.114. The highest BCUT2D eigenvalue weighted by Gasteiger charge is 2.37. The fourth-order valence-corrected chi connectivity index (χ4v) is 4.80. The van der Waals surface area contributed by atoms with Crippen molar-refractivity contribution in [1.29, 1.82) is 5.41 Å². The van der Waals surface area contributed by atoms with Gasteiger partial charge in [0.05, 0.1) is 12.7 Å². The van der Waals surface area contributed by atoms with Crippen LogP contribution >= 0.6 is 11.8 Å². The summed E-state index contributed by atoms with van der Waals surface area (Å²) >= 11 is 1.38. The van der Waals surface area contributed by atoms with Crippen molar-refractivity contribution in [1.82, 2.24) is 5.01 Å². The topological polar surface area (TPSA) is 96.6 Å². The molecule has 0 aromatic heterocycles. The Balaban J connectivity index is 1.36. The summed E-state index contributed by atoms with van der Waals surface area (Å²) in [4.78, 5) is 16.8. The van der Waals surface area contributed by atoms with E-state index in [2.05, 4.69) is 23.9 Å². The number of aliphatic imine (C=N–C) groups is 1. The van der Waals surface area contributed by atoms with E-state index in [9.17, 15) is 4.79 Å². The molecule has 2 aliphatic heterocycles. The summed E-state index contributed by atoms with van der Waals surface area (Å²) < 4.78 is 16.6. The van der Waals surface area contributed by atoms with Crippen molar-refractivity contribution in [3.05, 3.63) is 59.7 Å². The number of fused-ring (bicyclic) bond motifs is 1. The number of nitrogens with zero attached hydrogens (tertiary/aromatic N) is 3. The summed E-state index contributed by atoms with van der Waals surface area (Å²) in [6.07, 6.45) is 3.57. The summed E-state index contributed by atoms with van der Waals surface area (Å²) in [5.74, 6) is 2.06. The Morgan fingerprint density at radius 2 is 1.71 bits per heavy atom. The Morgan fingerprint density at radius 3 is 2.40 bits per heavy atom. The van der Waals surface area contributed by atoms with Crippen LogP contribution in [0.25, 0.3) is 6.08 Å². The first-order valence-corrected chi connectivity index (χ1v) is 12.3. The van der Waals surface area contributed by atoms with Gasteiger partial charge in [0.2, 0.25) is 5.17 Å². The normalized spacial score (nSPS) is 16.3. The van der Waals surface area contributed by atoms with E-state index in [-0.39, 0.29) is 11.4 Å². The molecule has 0 bridgehead atoms. The molecule has 8 nitrogen and oxygen atoms in total. The van der Waals surface area contributed by atoms with Crippen molar-refractivity contribution in [2.24, 2.45) is 16.0 Å². The monoisotopic (exact) mass is 492 g/mol. The van der Waals surface area contributed by atoms with Crippen molar-refractivity contribution in [2.75, 3.05) is 20.3 Å². The molecule has 2 aliphatic rings. The lowest BCUT2D eigenvalue weighted by Gasteiger charge is -2.20. The number of hydrazone groups is 1. The molecular weight excluding hydrogens is 464 g/mol. The van der Waals surface area contributed by atoms with Crippen LogP contribution in [0, 0.1) is 11.3 Å². The molecule has 0 spiro atoms. The molecule has 0 aliphatic carbocycles. The molecule has 0 saturated carbocycles. The van der Waals surface area contributed by atoms with Gasteiger partial charge >= 0.3 is 0 Å². The molecule has 0 unspecified atom stereocenters. The lowest BCUT2D eigenvalue weighted by Crippen LogP contribution is -2.35. The fourth-order valence-electron chi connectivity index (χ4n) is 3.65. The molecule has 2 aromatic rings. The number of nitrogens with one attached hydrogen (secondary N) is 1. The minimum absolute atomic E-state index is 0.0449. The third-order valence-corrected chi connectivity index (χ3v) is 6.73. The smallest absolute Gasteiger partial charge is 0.283 e. The maximum Gasteiger partial charge on any atom is 0.283 e. The van der Waals surface area contributed by atoms with Gasteiger partial charge < -0.3 is 14.2 Å². The van der Waals surface area contributed by atoms with Gasteiger partial charge in [0.25, 0.3) is 5.91 Å². The van der Waals surface area contributed by atoms with Crippen LogP contribution in [-0.4, -0.2) is 47.3 Å². The van der Waals surface area contributed by atoms with Gasteiger partial charge in [-0.2, -0.15) is 15.1 Å². The summed E-state index contributed by atoms with van der Waals surface area (Å²) in [6, 6.07) is 14.7. The zero-order valence-corrected chi connectivity index (χ0v) is 20.8. The standard InChI is InChI=1S/C26H28N4O4S/c1-4-18(5-2)25-29-30-23(27)22(24(31)28-26(30)35-25)15-17-9-11-19(12-10-17)33-13-14-34-21-8-6-7-20(16-21)32-3/h6-12,15-16,18,27H,4-5,13-14H2,1-3H3. The van der Waals surface area contributed by atoms with Gasteiger partial charge in [-0.25, -0.2) is 0 Å². The van der Waals surface area contributed by atoms with Crippen LogP contribution < -0.4 is 14.2 Å². The minimum atomic E-state index is -0.426. The first-order chi connectivity index (χ1) is 17.0. The van der Waals surface area contributed by atoms with E-state index in [1.165, 1.54) is 16.8 Å². The molecule has 9 heteroatoms. The van der Waals surface area contributed by atoms with Gasteiger partial charge in [-0.3, -0.25) is 10.2 Å². The maximum atomic E-state index is 12.6. The van der Waals surface area contributed by atoms with E-state index in [4.69, 9.17) is 19.6 Å². The van der Waals surface area contributed by atoms with Crippen molar-refractivity contribution < 1.29 is 19.0 Å². The van der Waals surface area contributed by atoms with E-state index in [1.54, 1.807) is 13.2 Å². The quantitative estimate of drug-likeness (QED) is 0.361. The molecule has 2 heterocycles. The first-order valence-electron chi connectivity index (χ1n) is 11.5. The van der Waals surface area contributed by atoms with Gasteiger partial charge in [0.15, 0.2) is 5.84 Å². The van der Waals surface area contributed by atoms with Crippen molar-refractivity contribution in [2.45, 2.75) is 26.7 Å². The van der Waals surface area contributed by atoms with Crippen LogP contribution in [0.2, 0.25) is 0 Å². The largest absolute Gasteiger partial charge is 0.497 e. The number of amides is 1. The third-order valence-electron chi connectivity index (χ3n) is 5.66. The Hall–Kier alpha value is -3.59. The molecule has 0 fully saturated rings. The molecule has 0 radical (unpaired) electrons. The van der Waals surface area contributed by atoms with E-state index < -0.39 is 5.91 Å². The lowest BCUT2D eigenvalue weighted by atomic mass is 10.1. The highest BCUT2D eigenvalue weighted by Crippen LogP contribution is 2.33. The molecular formula is C26H28N4O4S. The number of benzene rings is 2. The molecule has 182 valence electrons. The van der Waals surface area contributed by atoms with E-state index in [1.807, 2.05) is 48.5 Å². The van der Waals surface area contributed by atoms with Crippen LogP contribution in [0.15, 0.2) is 64.2 Å². The Labute approximate surface area is 209 Å². The Bertz CT molecular complexity index is 1190. The van der Waals surface area contributed by atoms with Gasteiger partial charge in [-0.05, 0) is 60.5 Å². The Kier molecular flexibility index (Phi) is 7.87. The molecule has 1 N–H and O–H groups in total. The van der Waals surface area contributed by atoms with E-state index in [0.29, 0.717) is 35.8 Å². The average Bonchev–Trinajstić information content (AvgIpc) is 3.30. The van der Waals surface area contributed by atoms with Crippen LogP contribution in [-0.2, 0) is 4.79 Å². The van der Waals surface area contributed by atoms with Crippen LogP contribution in [0.4, 0.5) is 0 Å².